The lowest BCUT2D eigenvalue weighted by Gasteiger charge is -2.09. The molecule has 9 heteroatoms. The summed E-state index contributed by atoms with van der Waals surface area (Å²) in [4.78, 5) is 3.73. The molecule has 2 rings (SSSR count). The van der Waals surface area contributed by atoms with Crippen molar-refractivity contribution >= 4 is 33.1 Å². The first kappa shape index (κ1) is 15.5. The topological polar surface area (TPSA) is 117 Å². The number of aliphatic hydroxyl groups excluding tert-OH is 1. The second kappa shape index (κ2) is 6.27. The highest BCUT2D eigenvalue weighted by molar-refractivity contribution is 7.92. The zero-order valence-electron chi connectivity index (χ0n) is 10.7. The second-order valence-corrected chi connectivity index (χ2v) is 6.20. The Morgan fingerprint density at radius 1 is 1.29 bits per heavy atom. The lowest BCUT2D eigenvalue weighted by atomic mass is 10.2. The minimum absolute atomic E-state index is 0.0854. The highest BCUT2D eigenvalue weighted by atomic mass is 35.5. The van der Waals surface area contributed by atoms with Crippen LogP contribution in [0.2, 0.25) is 5.02 Å². The minimum atomic E-state index is -3.81. The Hall–Kier alpha value is -1.87. The lowest BCUT2D eigenvalue weighted by Crippen LogP contribution is -2.15. The molecule has 0 aliphatic carbocycles. The smallest absolute Gasteiger partial charge is 0.263 e. The number of benzene rings is 1. The maximum Gasteiger partial charge on any atom is 0.263 e. The fourth-order valence-electron chi connectivity index (χ4n) is 1.57. The van der Waals surface area contributed by atoms with Crippen LogP contribution in [0.1, 0.15) is 5.56 Å². The van der Waals surface area contributed by atoms with Gasteiger partial charge in [0.1, 0.15) is 4.90 Å². The quantitative estimate of drug-likeness (QED) is 0.485. The average molecular weight is 329 g/mol. The summed E-state index contributed by atoms with van der Waals surface area (Å²) in [6, 6.07) is 7.57. The molecule has 0 unspecified atom stereocenters. The molecule has 7 nitrogen and oxygen atoms in total. The first-order valence-corrected chi connectivity index (χ1v) is 7.67. The van der Waals surface area contributed by atoms with Gasteiger partial charge in [-0.2, -0.15) is 0 Å². The molecule has 0 radical (unpaired) electrons. The lowest BCUT2D eigenvalue weighted by molar-refractivity contribution is 0.282. The van der Waals surface area contributed by atoms with Crippen molar-refractivity contribution in [3.05, 3.63) is 47.1 Å². The standard InChI is InChI=1S/C12H13ClN4O3S/c13-11-5-10(6-15-12(11)16-14)21(19,20)17-9-3-1-8(7-18)2-4-9/h1-6,17-18H,7,14H2,(H,15,16). The first-order valence-electron chi connectivity index (χ1n) is 5.81. The van der Waals surface area contributed by atoms with Crippen LogP contribution in [0.25, 0.3) is 0 Å². The van der Waals surface area contributed by atoms with Gasteiger partial charge in [0, 0.05) is 11.9 Å². The third-order valence-electron chi connectivity index (χ3n) is 2.65. The van der Waals surface area contributed by atoms with Gasteiger partial charge in [-0.3, -0.25) is 4.72 Å². The van der Waals surface area contributed by atoms with E-state index in [2.05, 4.69) is 15.1 Å². The molecule has 1 heterocycles. The number of nitrogens with one attached hydrogen (secondary N) is 2. The van der Waals surface area contributed by atoms with Crippen LogP contribution in [0.15, 0.2) is 41.4 Å². The number of aliphatic hydroxyl groups is 1. The molecule has 112 valence electrons. The third kappa shape index (κ3) is 3.61. The normalized spacial score (nSPS) is 11.2. The van der Waals surface area contributed by atoms with Crippen molar-refractivity contribution < 1.29 is 13.5 Å². The van der Waals surface area contributed by atoms with Crippen LogP contribution in [0.5, 0.6) is 0 Å². The van der Waals surface area contributed by atoms with E-state index in [0.717, 1.165) is 6.20 Å². The highest BCUT2D eigenvalue weighted by Crippen LogP contribution is 2.23. The fourth-order valence-corrected chi connectivity index (χ4v) is 2.88. The molecule has 1 aromatic heterocycles. The number of hydrazine groups is 1. The number of pyridine rings is 1. The Morgan fingerprint density at radius 3 is 2.48 bits per heavy atom. The van der Waals surface area contributed by atoms with Crippen LogP contribution in [0.4, 0.5) is 11.5 Å². The number of nitrogen functional groups attached to an aromatic ring is 1. The van der Waals surface area contributed by atoms with Gasteiger partial charge in [-0.25, -0.2) is 19.2 Å². The van der Waals surface area contributed by atoms with Gasteiger partial charge >= 0.3 is 0 Å². The van der Waals surface area contributed by atoms with Gasteiger partial charge in [-0.1, -0.05) is 23.7 Å². The zero-order chi connectivity index (χ0) is 15.5. The molecule has 0 saturated carbocycles. The van der Waals surface area contributed by atoms with Gasteiger partial charge in [-0.05, 0) is 23.8 Å². The molecular formula is C12H13ClN4O3S. The van der Waals surface area contributed by atoms with Gasteiger partial charge in [0.15, 0.2) is 5.82 Å². The summed E-state index contributed by atoms with van der Waals surface area (Å²) in [5.41, 5.74) is 3.30. The largest absolute Gasteiger partial charge is 0.392 e. The predicted molar refractivity (Wildman–Crippen MR) is 80.2 cm³/mol. The van der Waals surface area contributed by atoms with E-state index in [0.29, 0.717) is 11.3 Å². The molecule has 0 saturated heterocycles. The third-order valence-corrected chi connectivity index (χ3v) is 4.29. The van der Waals surface area contributed by atoms with E-state index in [-0.39, 0.29) is 22.3 Å². The van der Waals surface area contributed by atoms with Crippen LogP contribution in [0, 0.1) is 0 Å². The van der Waals surface area contributed by atoms with Crippen LogP contribution in [-0.4, -0.2) is 18.5 Å². The number of hydrogen-bond donors (Lipinski definition) is 4. The average Bonchev–Trinajstić information content (AvgIpc) is 2.47. The van der Waals surface area contributed by atoms with Crippen molar-refractivity contribution in [2.75, 3.05) is 10.1 Å². The Labute approximate surface area is 126 Å². The number of aromatic nitrogens is 1. The Morgan fingerprint density at radius 2 is 1.95 bits per heavy atom. The van der Waals surface area contributed by atoms with Gasteiger partial charge in [0.2, 0.25) is 0 Å². The SMILES string of the molecule is NNc1ncc(S(=O)(=O)Nc2ccc(CO)cc2)cc1Cl. The molecule has 2 aromatic rings. The molecule has 0 amide bonds. The van der Waals surface area contributed by atoms with E-state index in [1.807, 2.05) is 0 Å². The predicted octanol–water partition coefficient (Wildman–Crippen LogP) is 1.31. The molecule has 0 aliphatic heterocycles. The van der Waals surface area contributed by atoms with Gasteiger partial charge in [0.05, 0.1) is 11.6 Å². The number of hydrogen-bond acceptors (Lipinski definition) is 6. The number of nitrogens with two attached hydrogens (primary N) is 1. The number of rotatable bonds is 5. The summed E-state index contributed by atoms with van der Waals surface area (Å²) >= 11 is 5.85. The molecule has 0 fully saturated rings. The van der Waals surface area contributed by atoms with Gasteiger partial charge in [0.25, 0.3) is 10.0 Å². The number of sulfonamides is 1. The van der Waals surface area contributed by atoms with Crippen molar-refractivity contribution in [3.63, 3.8) is 0 Å². The summed E-state index contributed by atoms with van der Waals surface area (Å²) < 4.78 is 26.8. The molecule has 5 N–H and O–H groups in total. The second-order valence-electron chi connectivity index (χ2n) is 4.11. The van der Waals surface area contributed by atoms with E-state index in [4.69, 9.17) is 22.6 Å². The molecule has 1 aromatic carbocycles. The zero-order valence-corrected chi connectivity index (χ0v) is 12.3. The molecule has 0 bridgehead atoms. The molecule has 0 spiro atoms. The first-order chi connectivity index (χ1) is 9.96. The van der Waals surface area contributed by atoms with E-state index >= 15 is 0 Å². The van der Waals surface area contributed by atoms with Crippen LogP contribution in [-0.2, 0) is 16.6 Å². The molecule has 0 atom stereocenters. The van der Waals surface area contributed by atoms with Gasteiger partial charge in [-0.15, -0.1) is 0 Å². The van der Waals surface area contributed by atoms with E-state index in [1.165, 1.54) is 6.07 Å². The molecule has 21 heavy (non-hydrogen) atoms. The summed E-state index contributed by atoms with van der Waals surface area (Å²) in [5.74, 6) is 5.36. The Kier molecular flexibility index (Phi) is 4.63. The van der Waals surface area contributed by atoms with E-state index < -0.39 is 10.0 Å². The highest BCUT2D eigenvalue weighted by Gasteiger charge is 2.16. The van der Waals surface area contributed by atoms with Crippen molar-refractivity contribution in [2.45, 2.75) is 11.5 Å². The summed E-state index contributed by atoms with van der Waals surface area (Å²) in [5, 5.41) is 9.03. The van der Waals surface area contributed by atoms with Gasteiger partial charge < -0.3 is 10.5 Å². The maximum absolute atomic E-state index is 12.2. The summed E-state index contributed by atoms with van der Waals surface area (Å²) in [6.45, 7) is -0.111. The summed E-state index contributed by atoms with van der Waals surface area (Å²) in [7, 11) is -3.81. The molecule has 0 aliphatic rings. The van der Waals surface area contributed by atoms with Crippen molar-refractivity contribution in [3.8, 4) is 0 Å². The van der Waals surface area contributed by atoms with Crippen LogP contribution < -0.4 is 16.0 Å². The van der Waals surface area contributed by atoms with Crippen molar-refractivity contribution in [1.29, 1.82) is 0 Å². The van der Waals surface area contributed by atoms with Crippen molar-refractivity contribution in [1.82, 2.24) is 4.98 Å². The monoisotopic (exact) mass is 328 g/mol. The van der Waals surface area contributed by atoms with Crippen LogP contribution >= 0.6 is 11.6 Å². The number of anilines is 2. The van der Waals surface area contributed by atoms with E-state index in [9.17, 15) is 8.42 Å². The molecular weight excluding hydrogens is 316 g/mol. The van der Waals surface area contributed by atoms with E-state index in [1.54, 1.807) is 24.3 Å². The fraction of sp³-hybridized carbons (Fsp3) is 0.0833. The number of halogens is 1. The van der Waals surface area contributed by atoms with Crippen LogP contribution in [0.3, 0.4) is 0 Å². The number of nitrogens with zero attached hydrogens (tertiary/aromatic N) is 1. The minimum Gasteiger partial charge on any atom is -0.392 e. The maximum atomic E-state index is 12.2. The summed E-state index contributed by atoms with van der Waals surface area (Å²) in [6.07, 6.45) is 1.14. The van der Waals surface area contributed by atoms with Crippen molar-refractivity contribution in [2.24, 2.45) is 5.84 Å². The Balaban J connectivity index is 2.26. The Bertz CT molecular complexity index is 735.